The quantitative estimate of drug-likeness (QED) is 0.427. The van der Waals surface area contributed by atoms with E-state index in [0.29, 0.717) is 0 Å². The number of ether oxygens (including phenoxy) is 1. The van der Waals surface area contributed by atoms with Gasteiger partial charge >= 0.3 is 0 Å². The fourth-order valence-electron chi connectivity index (χ4n) is 0.797. The Balaban J connectivity index is 2.33. The lowest BCUT2D eigenvalue weighted by Gasteiger charge is -1.82. The van der Waals surface area contributed by atoms with Crippen molar-refractivity contribution in [2.24, 2.45) is 5.92 Å². The zero-order valence-corrected chi connectivity index (χ0v) is 3.63. The fourth-order valence-corrected chi connectivity index (χ4v) is 0.797. The van der Waals surface area contributed by atoms with Crippen molar-refractivity contribution in [2.75, 3.05) is 0 Å². The minimum Gasteiger partial charge on any atom is -0.489 e. The third-order valence-corrected chi connectivity index (χ3v) is 1.34. The van der Waals surface area contributed by atoms with Crippen LogP contribution in [0.2, 0.25) is 0 Å². The Bertz CT molecular complexity index is 148. The van der Waals surface area contributed by atoms with Crippen molar-refractivity contribution in [3.63, 3.8) is 0 Å². The van der Waals surface area contributed by atoms with Crippen LogP contribution in [0, 0.1) is 5.92 Å². The average molecular weight is 96.1 g/mol. The second kappa shape index (κ2) is 0.735. The van der Waals surface area contributed by atoms with Crippen molar-refractivity contribution in [1.82, 2.24) is 0 Å². The molecule has 0 aromatic heterocycles. The van der Waals surface area contributed by atoms with E-state index in [9.17, 15) is 4.79 Å². The van der Waals surface area contributed by atoms with Crippen molar-refractivity contribution in [3.8, 4) is 0 Å². The molecule has 0 bridgehead atoms. The molecule has 1 heterocycles. The van der Waals surface area contributed by atoms with Crippen molar-refractivity contribution >= 4 is 5.78 Å². The molecule has 1 fully saturated rings. The minimum absolute atomic E-state index is 0.0694. The van der Waals surface area contributed by atoms with Gasteiger partial charge in [-0.15, -0.1) is 0 Å². The maximum absolute atomic E-state index is 10.3. The molecule has 0 N–H and O–H groups in total. The number of rotatable bonds is 0. The number of carbonyl (C=O) groups excluding carboxylic acids is 1. The first-order chi connectivity index (χ1) is 3.39. The van der Waals surface area contributed by atoms with Gasteiger partial charge in [0.15, 0.2) is 11.9 Å². The first kappa shape index (κ1) is 3.24. The Hall–Kier alpha value is -0.790. The highest BCUT2D eigenvalue weighted by Gasteiger charge is 2.52. The van der Waals surface area contributed by atoms with Gasteiger partial charge in [0.25, 0.3) is 0 Å². The molecule has 2 aliphatic rings. The third-order valence-electron chi connectivity index (χ3n) is 1.34. The molecule has 2 nitrogen and oxygen atoms in total. The summed E-state index contributed by atoms with van der Waals surface area (Å²) in [5.41, 5.74) is 0. The highest BCUT2D eigenvalue weighted by Crippen LogP contribution is 2.34. The smallest absolute Gasteiger partial charge is 0.185 e. The molecule has 0 aromatic rings. The summed E-state index contributed by atoms with van der Waals surface area (Å²) < 4.78 is 4.81. The maximum Gasteiger partial charge on any atom is 0.185 e. The number of carbonyl (C=O) groups is 1. The molecule has 2 heteroatoms. The molecule has 7 heavy (non-hydrogen) atoms. The number of fused-ring (bicyclic) bond motifs is 1. The molecule has 2 atom stereocenters. The highest BCUT2D eigenvalue weighted by molar-refractivity contribution is 6.04. The summed E-state index contributed by atoms with van der Waals surface area (Å²) in [6, 6.07) is 0. The van der Waals surface area contributed by atoms with Crippen LogP contribution in [0.5, 0.6) is 0 Å². The van der Waals surface area contributed by atoms with Crippen LogP contribution in [0.25, 0.3) is 0 Å². The van der Waals surface area contributed by atoms with Gasteiger partial charge in [0.2, 0.25) is 0 Å². The number of ketones is 1. The average Bonchev–Trinajstić information content (AvgIpc) is 2.26. The Labute approximate surface area is 40.8 Å². The summed E-state index contributed by atoms with van der Waals surface area (Å²) in [6.07, 6.45) is 3.32. The lowest BCUT2D eigenvalue weighted by atomic mass is 10.4. The van der Waals surface area contributed by atoms with Gasteiger partial charge in [-0.25, -0.2) is 0 Å². The number of hydrogen-bond acceptors (Lipinski definition) is 2. The largest absolute Gasteiger partial charge is 0.489 e. The summed E-state index contributed by atoms with van der Waals surface area (Å²) in [7, 11) is 0. The van der Waals surface area contributed by atoms with Gasteiger partial charge < -0.3 is 4.74 Å². The molecule has 0 aromatic carbocycles. The summed E-state index contributed by atoms with van der Waals surface area (Å²) in [6.45, 7) is 0. The first-order valence-electron chi connectivity index (χ1n) is 2.25. The number of Topliss-reactive ketones (excluding diaryl/α,β-unsaturated/α-hetero) is 1. The van der Waals surface area contributed by atoms with Crippen LogP contribution in [-0.2, 0) is 9.53 Å². The lowest BCUT2D eigenvalue weighted by molar-refractivity contribution is -0.113. The SMILES string of the molecule is O=C1C2C=COC12. The van der Waals surface area contributed by atoms with E-state index < -0.39 is 0 Å². The zero-order chi connectivity index (χ0) is 4.85. The van der Waals surface area contributed by atoms with E-state index in [1.54, 1.807) is 12.3 Å². The van der Waals surface area contributed by atoms with Gasteiger partial charge in [-0.1, -0.05) is 0 Å². The van der Waals surface area contributed by atoms with E-state index in [0.717, 1.165) is 0 Å². The van der Waals surface area contributed by atoms with Crippen molar-refractivity contribution in [3.05, 3.63) is 12.3 Å². The zero-order valence-electron chi connectivity index (χ0n) is 3.63. The van der Waals surface area contributed by atoms with Crippen molar-refractivity contribution < 1.29 is 9.53 Å². The van der Waals surface area contributed by atoms with E-state index in [2.05, 4.69) is 0 Å². The molecular formula is C5H4O2. The van der Waals surface area contributed by atoms with Gasteiger partial charge in [-0.3, -0.25) is 4.79 Å². The first-order valence-corrected chi connectivity index (χ1v) is 2.25. The lowest BCUT2D eigenvalue weighted by Crippen LogP contribution is -1.84. The van der Waals surface area contributed by atoms with Crippen LogP contribution in [0.4, 0.5) is 0 Å². The number of hydrogen-bond donors (Lipinski definition) is 0. The summed E-state index contributed by atoms with van der Waals surface area (Å²) in [5.74, 6) is 0.377. The molecule has 2 rings (SSSR count). The van der Waals surface area contributed by atoms with Gasteiger partial charge in [-0.2, -0.15) is 0 Å². The molecule has 2 unspecified atom stereocenters. The maximum atomic E-state index is 10.3. The molecule has 0 radical (unpaired) electrons. The summed E-state index contributed by atoms with van der Waals surface area (Å²) >= 11 is 0. The van der Waals surface area contributed by atoms with Crippen molar-refractivity contribution in [2.45, 2.75) is 6.10 Å². The van der Waals surface area contributed by atoms with Gasteiger partial charge in [0.05, 0.1) is 12.2 Å². The van der Waals surface area contributed by atoms with Gasteiger partial charge in [0.1, 0.15) is 0 Å². The van der Waals surface area contributed by atoms with Gasteiger partial charge in [0, 0.05) is 0 Å². The molecule has 0 amide bonds. The standard InChI is InChI=1S/C5H4O2/c6-4-3-1-2-7-5(3)4/h1-3,5H. The Morgan fingerprint density at radius 3 is 2.86 bits per heavy atom. The molecule has 1 saturated carbocycles. The second-order valence-electron chi connectivity index (χ2n) is 1.81. The molecule has 36 valence electrons. The van der Waals surface area contributed by atoms with E-state index in [1.165, 1.54) is 0 Å². The Morgan fingerprint density at radius 1 is 1.71 bits per heavy atom. The van der Waals surface area contributed by atoms with Gasteiger partial charge in [-0.05, 0) is 6.08 Å². The summed E-state index contributed by atoms with van der Waals surface area (Å²) in [5, 5.41) is 0. The monoisotopic (exact) mass is 96.0 g/mol. The fraction of sp³-hybridized carbons (Fsp3) is 0.400. The normalized spacial score (nSPS) is 43.1. The van der Waals surface area contributed by atoms with Crippen LogP contribution in [0.3, 0.4) is 0 Å². The van der Waals surface area contributed by atoms with E-state index in [-0.39, 0.29) is 17.8 Å². The van der Waals surface area contributed by atoms with Crippen LogP contribution >= 0.6 is 0 Å². The van der Waals surface area contributed by atoms with Crippen LogP contribution < -0.4 is 0 Å². The minimum atomic E-state index is -0.0694. The van der Waals surface area contributed by atoms with Crippen molar-refractivity contribution in [1.29, 1.82) is 0 Å². The predicted molar refractivity (Wildman–Crippen MR) is 22.5 cm³/mol. The Kier molecular flexibility index (Phi) is 0.340. The highest BCUT2D eigenvalue weighted by atomic mass is 16.5. The summed E-state index contributed by atoms with van der Waals surface area (Å²) in [4.78, 5) is 10.3. The molecule has 0 spiro atoms. The second-order valence-corrected chi connectivity index (χ2v) is 1.81. The molecule has 1 aliphatic heterocycles. The molecule has 1 aliphatic carbocycles. The molecule has 0 saturated heterocycles. The molecular weight excluding hydrogens is 92.1 g/mol. The topological polar surface area (TPSA) is 26.3 Å². The van der Waals surface area contributed by atoms with E-state index in [1.807, 2.05) is 0 Å². The van der Waals surface area contributed by atoms with Crippen LogP contribution in [0.15, 0.2) is 12.3 Å². The van der Waals surface area contributed by atoms with E-state index >= 15 is 0 Å². The van der Waals surface area contributed by atoms with Crippen LogP contribution in [0.1, 0.15) is 0 Å². The van der Waals surface area contributed by atoms with Crippen LogP contribution in [-0.4, -0.2) is 11.9 Å². The predicted octanol–water partition coefficient (Wildman–Crippen LogP) is 0.0978. The third kappa shape index (κ3) is 0.232. The Morgan fingerprint density at radius 2 is 2.57 bits per heavy atom. The van der Waals surface area contributed by atoms with E-state index in [4.69, 9.17) is 4.74 Å².